The first-order valence-corrected chi connectivity index (χ1v) is 5.94. The molecule has 1 aromatic rings. The number of carboxylic acid groups (broad SMARTS) is 1. The Bertz CT molecular complexity index is 403. The molecule has 0 aromatic carbocycles. The summed E-state index contributed by atoms with van der Waals surface area (Å²) in [6.07, 6.45) is 0.799. The standard InChI is InChI=1S/C9H12N4O2S.ClH/c14-8(15)11-4-9(7-3-12-16-13-7)5-1-10-2-6(5)9;/h3,5-6,10-11H,1-2,4H2,(H,14,15);1H/t5-,6+,9-;. The third-order valence-electron chi connectivity index (χ3n) is 3.80. The number of amides is 1. The number of nitrogens with zero attached hydrogens (tertiary/aromatic N) is 2. The summed E-state index contributed by atoms with van der Waals surface area (Å²) in [5.74, 6) is 1.01. The quantitative estimate of drug-likeness (QED) is 0.740. The summed E-state index contributed by atoms with van der Waals surface area (Å²) in [6.45, 7) is 2.34. The summed E-state index contributed by atoms with van der Waals surface area (Å²) in [4.78, 5) is 10.6. The maximum atomic E-state index is 10.6. The predicted octanol–water partition coefficient (Wildman–Crippen LogP) is 0.315. The van der Waals surface area contributed by atoms with Crippen LogP contribution in [0, 0.1) is 11.8 Å². The number of aromatic nitrogens is 2. The van der Waals surface area contributed by atoms with Gasteiger partial charge in [0, 0.05) is 12.0 Å². The minimum Gasteiger partial charge on any atom is -0.465 e. The van der Waals surface area contributed by atoms with Crippen molar-refractivity contribution < 1.29 is 9.90 Å². The van der Waals surface area contributed by atoms with Crippen LogP contribution in [0.3, 0.4) is 0 Å². The van der Waals surface area contributed by atoms with E-state index in [-0.39, 0.29) is 17.8 Å². The van der Waals surface area contributed by atoms with E-state index >= 15 is 0 Å². The molecule has 17 heavy (non-hydrogen) atoms. The maximum absolute atomic E-state index is 10.6. The molecule has 3 atom stereocenters. The molecule has 1 saturated heterocycles. The Morgan fingerprint density at radius 3 is 2.88 bits per heavy atom. The molecule has 0 spiro atoms. The zero-order chi connectivity index (χ0) is 11.2. The van der Waals surface area contributed by atoms with E-state index in [0.717, 1.165) is 18.8 Å². The topological polar surface area (TPSA) is 87.1 Å². The van der Waals surface area contributed by atoms with Crippen LogP contribution >= 0.6 is 24.1 Å². The van der Waals surface area contributed by atoms with E-state index in [0.29, 0.717) is 18.4 Å². The first-order valence-electron chi connectivity index (χ1n) is 5.20. The average Bonchev–Trinajstić information content (AvgIpc) is 2.76. The van der Waals surface area contributed by atoms with Crippen molar-refractivity contribution in [3.8, 4) is 0 Å². The first-order chi connectivity index (χ1) is 7.75. The second-order valence-electron chi connectivity index (χ2n) is 4.36. The number of nitrogens with one attached hydrogen (secondary N) is 2. The molecule has 2 heterocycles. The highest BCUT2D eigenvalue weighted by Crippen LogP contribution is 2.60. The number of piperidine rings is 1. The average molecular weight is 277 g/mol. The van der Waals surface area contributed by atoms with Crippen LogP contribution < -0.4 is 10.6 Å². The largest absolute Gasteiger partial charge is 0.465 e. The normalized spacial score (nSPS) is 33.6. The molecular weight excluding hydrogens is 264 g/mol. The smallest absolute Gasteiger partial charge is 0.404 e. The van der Waals surface area contributed by atoms with Gasteiger partial charge in [-0.05, 0) is 24.9 Å². The number of carbonyl (C=O) groups is 1. The highest BCUT2D eigenvalue weighted by molar-refractivity contribution is 6.99. The van der Waals surface area contributed by atoms with Crippen molar-refractivity contribution in [2.75, 3.05) is 19.6 Å². The van der Waals surface area contributed by atoms with E-state index < -0.39 is 6.09 Å². The molecule has 3 N–H and O–H groups in total. The van der Waals surface area contributed by atoms with Crippen LogP contribution in [0.25, 0.3) is 0 Å². The van der Waals surface area contributed by atoms with Gasteiger partial charge in [-0.2, -0.15) is 8.75 Å². The monoisotopic (exact) mass is 276 g/mol. The molecule has 0 bridgehead atoms. The Morgan fingerprint density at radius 1 is 1.65 bits per heavy atom. The molecule has 8 heteroatoms. The van der Waals surface area contributed by atoms with Gasteiger partial charge in [-0.25, -0.2) is 4.79 Å². The van der Waals surface area contributed by atoms with Crippen molar-refractivity contribution in [2.45, 2.75) is 5.41 Å². The Kier molecular flexibility index (Phi) is 3.24. The van der Waals surface area contributed by atoms with Crippen molar-refractivity contribution >= 4 is 30.2 Å². The number of hydrogen-bond donors (Lipinski definition) is 3. The molecule has 1 amide bonds. The molecule has 1 aromatic heterocycles. The summed E-state index contributed by atoms with van der Waals surface area (Å²) < 4.78 is 8.30. The Morgan fingerprint density at radius 2 is 2.35 bits per heavy atom. The Hall–Kier alpha value is -0.920. The third kappa shape index (κ3) is 1.78. The Balaban J connectivity index is 0.00000108. The highest BCUT2D eigenvalue weighted by atomic mass is 35.5. The van der Waals surface area contributed by atoms with Crippen molar-refractivity contribution in [3.05, 3.63) is 11.9 Å². The van der Waals surface area contributed by atoms with Crippen molar-refractivity contribution in [2.24, 2.45) is 11.8 Å². The maximum Gasteiger partial charge on any atom is 0.404 e. The molecule has 0 unspecified atom stereocenters. The van der Waals surface area contributed by atoms with Gasteiger partial charge in [-0.3, -0.25) is 0 Å². The SMILES string of the molecule is Cl.O=C(O)NC[C@@]1(c2cnsn2)[C@@H]2CNC[C@@H]21. The summed E-state index contributed by atoms with van der Waals surface area (Å²) in [5.41, 5.74) is 0.846. The van der Waals surface area contributed by atoms with Crippen LogP contribution in [0.2, 0.25) is 0 Å². The molecule has 6 nitrogen and oxygen atoms in total. The van der Waals surface area contributed by atoms with Crippen LogP contribution in [0.4, 0.5) is 4.79 Å². The highest BCUT2D eigenvalue weighted by Gasteiger charge is 2.68. The molecular formula is C9H13ClN4O2S. The second kappa shape index (κ2) is 4.40. The number of hydrogen-bond acceptors (Lipinski definition) is 5. The molecule has 1 aliphatic heterocycles. The molecule has 3 rings (SSSR count). The van der Waals surface area contributed by atoms with E-state index in [4.69, 9.17) is 5.11 Å². The molecule has 2 aliphatic rings. The number of fused-ring (bicyclic) bond motifs is 1. The van der Waals surface area contributed by atoms with Gasteiger partial charge >= 0.3 is 6.09 Å². The molecule has 1 aliphatic carbocycles. The lowest BCUT2D eigenvalue weighted by atomic mass is 9.96. The minimum atomic E-state index is -0.972. The zero-order valence-electron chi connectivity index (χ0n) is 8.92. The minimum absolute atomic E-state index is 0. The number of halogens is 1. The lowest BCUT2D eigenvalue weighted by Crippen LogP contribution is -2.37. The van der Waals surface area contributed by atoms with E-state index in [1.807, 2.05) is 0 Å². The van der Waals surface area contributed by atoms with Gasteiger partial charge in [-0.1, -0.05) is 0 Å². The van der Waals surface area contributed by atoms with Crippen molar-refractivity contribution in [1.29, 1.82) is 0 Å². The molecule has 94 valence electrons. The Labute approximate surface area is 109 Å². The van der Waals surface area contributed by atoms with Crippen molar-refractivity contribution in [1.82, 2.24) is 19.4 Å². The van der Waals surface area contributed by atoms with E-state index in [1.54, 1.807) is 6.20 Å². The van der Waals surface area contributed by atoms with Crippen LogP contribution in [0.1, 0.15) is 5.69 Å². The lowest BCUT2D eigenvalue weighted by molar-refractivity contribution is 0.192. The fraction of sp³-hybridized carbons (Fsp3) is 0.667. The van der Waals surface area contributed by atoms with E-state index in [2.05, 4.69) is 19.4 Å². The van der Waals surface area contributed by atoms with Gasteiger partial charge in [-0.15, -0.1) is 12.4 Å². The van der Waals surface area contributed by atoms with E-state index in [1.165, 1.54) is 11.7 Å². The van der Waals surface area contributed by atoms with Gasteiger partial charge in [0.05, 0.1) is 23.6 Å². The molecule has 2 fully saturated rings. The predicted molar refractivity (Wildman–Crippen MR) is 64.7 cm³/mol. The fourth-order valence-electron chi connectivity index (χ4n) is 2.97. The van der Waals surface area contributed by atoms with E-state index in [9.17, 15) is 4.79 Å². The fourth-order valence-corrected chi connectivity index (χ4v) is 3.47. The van der Waals surface area contributed by atoms with Crippen LogP contribution in [0.15, 0.2) is 6.20 Å². The van der Waals surface area contributed by atoms with Gasteiger partial charge in [0.25, 0.3) is 0 Å². The molecule has 0 radical (unpaired) electrons. The third-order valence-corrected chi connectivity index (χ3v) is 4.28. The zero-order valence-corrected chi connectivity index (χ0v) is 10.6. The van der Waals surface area contributed by atoms with Gasteiger partial charge < -0.3 is 15.7 Å². The summed E-state index contributed by atoms with van der Waals surface area (Å²) in [7, 11) is 0. The van der Waals surface area contributed by atoms with Crippen LogP contribution in [0.5, 0.6) is 0 Å². The van der Waals surface area contributed by atoms with Crippen molar-refractivity contribution in [3.63, 3.8) is 0 Å². The molecule has 1 saturated carbocycles. The number of rotatable bonds is 3. The lowest BCUT2D eigenvalue weighted by Gasteiger charge is -2.18. The first kappa shape index (κ1) is 12.5. The van der Waals surface area contributed by atoms with Gasteiger partial charge in [0.15, 0.2) is 0 Å². The summed E-state index contributed by atoms with van der Waals surface area (Å²) in [6, 6.07) is 0. The van der Waals surface area contributed by atoms with Crippen LogP contribution in [-0.2, 0) is 5.41 Å². The van der Waals surface area contributed by atoms with Gasteiger partial charge in [0.2, 0.25) is 0 Å². The summed E-state index contributed by atoms with van der Waals surface area (Å²) in [5, 5.41) is 14.5. The van der Waals surface area contributed by atoms with Gasteiger partial charge in [0.1, 0.15) is 0 Å². The summed E-state index contributed by atoms with van der Waals surface area (Å²) >= 11 is 1.18. The van der Waals surface area contributed by atoms with Crippen LogP contribution in [-0.4, -0.2) is 39.6 Å². The second-order valence-corrected chi connectivity index (χ2v) is 4.92.